The van der Waals surface area contributed by atoms with Gasteiger partial charge in [0.1, 0.15) is 17.0 Å². The fourth-order valence-electron chi connectivity index (χ4n) is 4.44. The lowest BCUT2D eigenvalue weighted by molar-refractivity contribution is -0.154. The van der Waals surface area contributed by atoms with E-state index >= 15 is 0 Å². The van der Waals surface area contributed by atoms with Crippen LogP contribution in [0.15, 0.2) is 6.07 Å². The number of halogens is 4. The molecule has 0 spiro atoms. The van der Waals surface area contributed by atoms with Gasteiger partial charge < -0.3 is 26.0 Å². The third-order valence-corrected chi connectivity index (χ3v) is 8.27. The van der Waals surface area contributed by atoms with E-state index in [4.69, 9.17) is 12.2 Å². The van der Waals surface area contributed by atoms with Crippen molar-refractivity contribution in [2.75, 3.05) is 23.8 Å². The lowest BCUT2D eigenvalue weighted by Gasteiger charge is -2.25. The van der Waals surface area contributed by atoms with Crippen molar-refractivity contribution in [3.05, 3.63) is 22.1 Å². The maximum atomic E-state index is 13.5. The number of aromatic nitrogens is 2. The van der Waals surface area contributed by atoms with Gasteiger partial charge in [-0.3, -0.25) is 9.59 Å². The van der Waals surface area contributed by atoms with Gasteiger partial charge in [0, 0.05) is 30.6 Å². The van der Waals surface area contributed by atoms with Gasteiger partial charge in [-0.25, -0.2) is 9.07 Å². The van der Waals surface area contributed by atoms with E-state index in [0.717, 1.165) is 23.3 Å². The predicted octanol–water partition coefficient (Wildman–Crippen LogP) is 3.70. The molecule has 4 N–H and O–H groups in total. The summed E-state index contributed by atoms with van der Waals surface area (Å²) in [5.41, 5.74) is 1.25. The highest BCUT2D eigenvalue weighted by molar-refractivity contribution is 7.80. The molecule has 39 heavy (non-hydrogen) atoms. The lowest BCUT2D eigenvalue weighted by Crippen LogP contribution is -2.41. The van der Waals surface area contributed by atoms with Gasteiger partial charge in [-0.1, -0.05) is 0 Å². The van der Waals surface area contributed by atoms with E-state index < -0.39 is 30.8 Å². The molecule has 212 valence electrons. The molecule has 2 saturated carbocycles. The Hall–Kier alpha value is -2.94. The molecule has 0 aromatic carbocycles. The van der Waals surface area contributed by atoms with Gasteiger partial charge in [0.15, 0.2) is 11.7 Å². The molecule has 0 radical (unpaired) electrons. The average Bonchev–Trinajstić information content (AvgIpc) is 3.76. The van der Waals surface area contributed by atoms with Gasteiger partial charge >= 0.3 is 6.18 Å². The summed E-state index contributed by atoms with van der Waals surface area (Å²) in [4.78, 5) is 26.7. The van der Waals surface area contributed by atoms with Gasteiger partial charge in [-0.15, -0.1) is 16.4 Å². The second-order valence-electron chi connectivity index (χ2n) is 10.1. The number of hydrogen-bond donors (Lipinski definition) is 4. The summed E-state index contributed by atoms with van der Waals surface area (Å²) in [5, 5.41) is 16.5. The molecule has 3 aliphatic rings. The molecule has 3 atom stereocenters. The second-order valence-corrected chi connectivity index (χ2v) is 11.7. The van der Waals surface area contributed by atoms with Crippen molar-refractivity contribution in [3.8, 4) is 5.88 Å². The summed E-state index contributed by atoms with van der Waals surface area (Å²) < 4.78 is 56.8. The molecule has 2 heterocycles. The first-order chi connectivity index (χ1) is 18.5. The summed E-state index contributed by atoms with van der Waals surface area (Å²) in [5.74, 6) is -0.715. The number of nitrogens with zero attached hydrogens (tertiary/aromatic N) is 2. The molecule has 1 unspecified atom stereocenters. The van der Waals surface area contributed by atoms with Crippen molar-refractivity contribution in [3.63, 3.8) is 0 Å². The highest BCUT2D eigenvalue weighted by Crippen LogP contribution is 2.41. The smallest absolute Gasteiger partial charge is 0.422 e. The number of carbonyl (C=O) groups is 2. The Balaban J connectivity index is 1.25. The molecule has 0 saturated heterocycles. The van der Waals surface area contributed by atoms with E-state index in [1.165, 1.54) is 22.1 Å². The Kier molecular flexibility index (Phi) is 7.73. The number of alkyl halides is 4. The first-order valence-corrected chi connectivity index (χ1v) is 13.9. The van der Waals surface area contributed by atoms with Crippen molar-refractivity contribution in [1.29, 1.82) is 0 Å². The molecule has 9 nitrogen and oxygen atoms in total. The van der Waals surface area contributed by atoms with E-state index in [9.17, 15) is 27.2 Å². The number of hydrogen-bond acceptors (Lipinski definition) is 6. The Labute approximate surface area is 231 Å². The van der Waals surface area contributed by atoms with E-state index in [2.05, 4.69) is 31.1 Å². The maximum Gasteiger partial charge on any atom is 0.422 e. The van der Waals surface area contributed by atoms with Crippen LogP contribution in [0.3, 0.4) is 0 Å². The zero-order valence-electron chi connectivity index (χ0n) is 21.0. The van der Waals surface area contributed by atoms with Crippen LogP contribution in [0, 0.1) is 11.8 Å². The van der Waals surface area contributed by atoms with Gasteiger partial charge in [-0.05, 0) is 62.2 Å². The molecule has 5 rings (SSSR count). The number of carbonyl (C=O) groups excluding carboxylic acids is 2. The van der Waals surface area contributed by atoms with Crippen molar-refractivity contribution in [1.82, 2.24) is 20.4 Å². The van der Waals surface area contributed by atoms with E-state index in [1.807, 2.05) is 0 Å². The van der Waals surface area contributed by atoms with Crippen LogP contribution in [-0.2, 0) is 24.7 Å². The minimum absolute atomic E-state index is 0.140. The SMILES string of the molecule is Cn1nc(OCC(F)(F)F)cc1NC(=S)NC1CCc2sc(NC(=O)[C@H]3C[C@@H]3F)c(C(=O)NCC3CC3)c2C1. The van der Waals surface area contributed by atoms with E-state index in [0.29, 0.717) is 48.1 Å². The summed E-state index contributed by atoms with van der Waals surface area (Å²) >= 11 is 6.78. The Bertz CT molecular complexity index is 1280. The number of ether oxygens (including phenoxy) is 1. The molecule has 15 heteroatoms. The second kappa shape index (κ2) is 10.9. The summed E-state index contributed by atoms with van der Waals surface area (Å²) in [6.07, 6.45) is -1.45. The molecule has 2 aromatic heterocycles. The predicted molar refractivity (Wildman–Crippen MR) is 141 cm³/mol. The van der Waals surface area contributed by atoms with Crippen molar-refractivity contribution < 1.29 is 31.9 Å². The summed E-state index contributed by atoms with van der Waals surface area (Å²) in [6, 6.07) is 1.18. The largest absolute Gasteiger partial charge is 0.467 e. The van der Waals surface area contributed by atoms with Crippen LogP contribution in [0.25, 0.3) is 0 Å². The fraction of sp³-hybridized carbons (Fsp3) is 0.583. The Morgan fingerprint density at radius 1 is 1.26 bits per heavy atom. The van der Waals surface area contributed by atoms with Gasteiger partial charge in [0.2, 0.25) is 11.8 Å². The monoisotopic (exact) mass is 588 g/mol. The zero-order valence-corrected chi connectivity index (χ0v) is 22.6. The number of anilines is 2. The van der Waals surface area contributed by atoms with Crippen molar-refractivity contribution in [2.24, 2.45) is 18.9 Å². The van der Waals surface area contributed by atoms with E-state index in [1.54, 1.807) is 7.05 Å². The van der Waals surface area contributed by atoms with E-state index in [-0.39, 0.29) is 29.4 Å². The van der Waals surface area contributed by atoms with Crippen molar-refractivity contribution in [2.45, 2.75) is 56.9 Å². The first kappa shape index (κ1) is 27.6. The standard InChI is InChI=1S/C24H28F4N6O3S2/c1-34-17(8-18(33-34)37-10-24(26,27)28)31-23(38)30-12-4-5-16-14(6-12)19(21(36)29-9-11-2-3-11)22(39-16)32-20(35)13-7-15(13)25/h8,11-13,15H,2-7,9-10H2,1H3,(H,29,36)(H,32,35)(H2,30,31,38)/t12?,13-,15-/m0/s1. The lowest BCUT2D eigenvalue weighted by atomic mass is 9.91. The Morgan fingerprint density at radius 3 is 2.67 bits per heavy atom. The third kappa shape index (κ3) is 6.99. The number of fused-ring (bicyclic) bond motifs is 1. The maximum absolute atomic E-state index is 13.5. The summed E-state index contributed by atoms with van der Waals surface area (Å²) in [7, 11) is 1.54. The molecule has 0 aliphatic heterocycles. The average molecular weight is 589 g/mol. The molecule has 0 bridgehead atoms. The number of amides is 2. The number of rotatable bonds is 9. The third-order valence-electron chi connectivity index (χ3n) is 6.84. The number of thiocarbonyl (C=S) groups is 1. The van der Waals surface area contributed by atoms with Gasteiger partial charge in [-0.2, -0.15) is 13.2 Å². The minimum atomic E-state index is -4.48. The topological polar surface area (TPSA) is 109 Å². The van der Waals surface area contributed by atoms with Gasteiger partial charge in [0.25, 0.3) is 5.91 Å². The van der Waals surface area contributed by atoms with Crippen LogP contribution >= 0.6 is 23.6 Å². The van der Waals surface area contributed by atoms with Crippen LogP contribution in [0.4, 0.5) is 28.4 Å². The Morgan fingerprint density at radius 2 is 2.00 bits per heavy atom. The molecular weight excluding hydrogens is 560 g/mol. The first-order valence-electron chi connectivity index (χ1n) is 12.7. The molecule has 2 fully saturated rings. The highest BCUT2D eigenvalue weighted by Gasteiger charge is 2.44. The van der Waals surface area contributed by atoms with Crippen LogP contribution in [0.1, 0.15) is 46.5 Å². The quantitative estimate of drug-likeness (QED) is 0.261. The minimum Gasteiger partial charge on any atom is -0.467 e. The van der Waals surface area contributed by atoms with Crippen LogP contribution in [0.2, 0.25) is 0 Å². The van der Waals surface area contributed by atoms with Crippen LogP contribution in [-0.4, -0.2) is 58.2 Å². The zero-order chi connectivity index (χ0) is 27.9. The number of thiophene rings is 1. The van der Waals surface area contributed by atoms with Gasteiger partial charge in [0.05, 0.1) is 11.5 Å². The molecule has 2 aromatic rings. The molecule has 3 aliphatic carbocycles. The van der Waals surface area contributed by atoms with Crippen LogP contribution < -0.4 is 26.0 Å². The van der Waals surface area contributed by atoms with Crippen LogP contribution in [0.5, 0.6) is 5.88 Å². The highest BCUT2D eigenvalue weighted by atomic mass is 32.1. The summed E-state index contributed by atoms with van der Waals surface area (Å²) in [6.45, 7) is -0.883. The molecule has 2 amide bonds. The van der Waals surface area contributed by atoms with Crippen molar-refractivity contribution >= 4 is 51.3 Å². The number of aryl methyl sites for hydroxylation is 2. The number of nitrogens with one attached hydrogen (secondary N) is 4. The molecular formula is C24H28F4N6O3S2. The fourth-order valence-corrected chi connectivity index (χ4v) is 5.96. The normalized spacial score (nSPS) is 22.0.